The van der Waals surface area contributed by atoms with Gasteiger partial charge in [0.2, 0.25) is 17.7 Å². The molecule has 4 atom stereocenters. The van der Waals surface area contributed by atoms with Crippen molar-refractivity contribution in [3.05, 3.63) is 54.1 Å². The first-order valence-corrected chi connectivity index (χ1v) is 11.9. The van der Waals surface area contributed by atoms with Crippen LogP contribution in [-0.4, -0.2) is 80.1 Å². The van der Waals surface area contributed by atoms with Crippen LogP contribution in [0.1, 0.15) is 24.1 Å². The Morgan fingerprint density at radius 3 is 2.54 bits per heavy atom. The topological polar surface area (TPSA) is 171 Å². The first-order chi connectivity index (χ1) is 16.8. The highest BCUT2D eigenvalue weighted by Gasteiger charge is 2.39. The number of carboxylic acids is 1. The second kappa shape index (κ2) is 12.4. The van der Waals surface area contributed by atoms with E-state index in [1.807, 2.05) is 30.3 Å². The number of nitrogens with two attached hydrogens (primary N) is 1. The molecule has 1 fully saturated rings. The first-order valence-electron chi connectivity index (χ1n) is 11.3. The number of rotatable bonds is 11. The molecule has 0 bridgehead atoms. The maximum absolute atomic E-state index is 13.5. The highest BCUT2D eigenvalue weighted by Crippen LogP contribution is 2.20. The molecule has 3 amide bonds. The fourth-order valence-corrected chi connectivity index (χ4v) is 4.26. The predicted octanol–water partition coefficient (Wildman–Crippen LogP) is -0.503. The average Bonchev–Trinajstić information content (AvgIpc) is 3.54. The molecule has 1 aliphatic heterocycles. The molecule has 35 heavy (non-hydrogen) atoms. The Hall–Kier alpha value is -3.38. The molecule has 0 spiro atoms. The van der Waals surface area contributed by atoms with Gasteiger partial charge in [-0.2, -0.15) is 12.6 Å². The molecule has 0 saturated carbocycles. The van der Waals surface area contributed by atoms with Gasteiger partial charge in [-0.3, -0.25) is 14.4 Å². The number of nitrogens with zero attached hydrogens (tertiary/aromatic N) is 2. The van der Waals surface area contributed by atoms with Crippen LogP contribution in [0.3, 0.4) is 0 Å². The minimum atomic E-state index is -1.21. The van der Waals surface area contributed by atoms with Crippen molar-refractivity contribution in [2.45, 2.75) is 49.9 Å². The van der Waals surface area contributed by atoms with Gasteiger partial charge in [0.1, 0.15) is 18.1 Å². The number of likely N-dealkylation sites (tertiary alicyclic amines) is 1. The number of aliphatic carboxylic acids is 1. The van der Waals surface area contributed by atoms with Gasteiger partial charge in [-0.15, -0.1) is 0 Å². The normalized spacial score (nSPS) is 17.9. The molecule has 11 nitrogen and oxygen atoms in total. The number of nitrogens with one attached hydrogen (secondary N) is 3. The summed E-state index contributed by atoms with van der Waals surface area (Å²) in [6, 6.07) is 5.43. The molecule has 1 aromatic carbocycles. The van der Waals surface area contributed by atoms with Gasteiger partial charge in [0.05, 0.1) is 12.4 Å². The van der Waals surface area contributed by atoms with E-state index in [0.717, 1.165) is 5.56 Å². The molecule has 0 aliphatic carbocycles. The van der Waals surface area contributed by atoms with Gasteiger partial charge >= 0.3 is 5.97 Å². The van der Waals surface area contributed by atoms with Gasteiger partial charge in [-0.1, -0.05) is 30.3 Å². The molecular weight excluding hydrogens is 472 g/mol. The highest BCUT2D eigenvalue weighted by atomic mass is 32.1. The van der Waals surface area contributed by atoms with Crippen LogP contribution in [0, 0.1) is 0 Å². The van der Waals surface area contributed by atoms with Crippen LogP contribution < -0.4 is 16.4 Å². The second-order valence-corrected chi connectivity index (χ2v) is 8.78. The number of aromatic nitrogens is 2. The van der Waals surface area contributed by atoms with Gasteiger partial charge < -0.3 is 31.4 Å². The van der Waals surface area contributed by atoms with E-state index in [1.54, 1.807) is 6.20 Å². The van der Waals surface area contributed by atoms with Gasteiger partial charge in [0.15, 0.2) is 0 Å². The van der Waals surface area contributed by atoms with Crippen LogP contribution in [0.2, 0.25) is 0 Å². The third-order valence-corrected chi connectivity index (χ3v) is 6.23. The summed E-state index contributed by atoms with van der Waals surface area (Å²) in [5.41, 5.74) is 7.63. The summed E-state index contributed by atoms with van der Waals surface area (Å²) in [6.45, 7) is 0.306. The Balaban J connectivity index is 1.73. The number of amides is 3. The summed E-state index contributed by atoms with van der Waals surface area (Å²) in [5.74, 6) is -2.80. The fourth-order valence-electron chi connectivity index (χ4n) is 4.01. The second-order valence-electron chi connectivity index (χ2n) is 8.41. The van der Waals surface area contributed by atoms with E-state index >= 15 is 0 Å². The standard InChI is InChI=1S/C23H30N6O5S/c24-16(9-14-5-2-1-3-6-14)20(30)27-17(10-15-11-25-13-26-15)22(32)29-8-4-7-19(29)21(31)28-18(12-35)23(33)34/h1-3,5-6,11,13,16-19,35H,4,7-10,12,24H2,(H,25,26)(H,27,30)(H,28,31)(H,33,34). The summed E-state index contributed by atoms with van der Waals surface area (Å²) in [4.78, 5) is 58.7. The third-order valence-electron chi connectivity index (χ3n) is 5.86. The van der Waals surface area contributed by atoms with E-state index in [4.69, 9.17) is 5.73 Å². The number of benzene rings is 1. The Bertz CT molecular complexity index is 1020. The van der Waals surface area contributed by atoms with Crippen molar-refractivity contribution in [2.24, 2.45) is 5.73 Å². The Labute approximate surface area is 208 Å². The van der Waals surface area contributed by atoms with Gasteiger partial charge in [0.25, 0.3) is 0 Å². The van der Waals surface area contributed by atoms with Gasteiger partial charge in [-0.05, 0) is 24.8 Å². The molecule has 1 aromatic heterocycles. The van der Waals surface area contributed by atoms with Gasteiger partial charge in [-0.25, -0.2) is 9.78 Å². The molecule has 0 radical (unpaired) electrons. The summed E-state index contributed by atoms with van der Waals surface area (Å²) in [7, 11) is 0. The summed E-state index contributed by atoms with van der Waals surface area (Å²) in [5, 5.41) is 14.4. The van der Waals surface area contributed by atoms with Crippen molar-refractivity contribution in [3.63, 3.8) is 0 Å². The van der Waals surface area contributed by atoms with E-state index in [2.05, 4.69) is 33.2 Å². The smallest absolute Gasteiger partial charge is 0.327 e. The summed E-state index contributed by atoms with van der Waals surface area (Å²) in [6.07, 6.45) is 4.40. The fraction of sp³-hybridized carbons (Fsp3) is 0.435. The maximum Gasteiger partial charge on any atom is 0.327 e. The number of carbonyl (C=O) groups is 4. The molecule has 6 N–H and O–H groups in total. The average molecular weight is 503 g/mol. The number of carboxylic acid groups (broad SMARTS) is 1. The SMILES string of the molecule is NC(Cc1ccccc1)C(=O)NC(Cc1cnc[nH]1)C(=O)N1CCCC1C(=O)NC(CS)C(=O)O. The van der Waals surface area contributed by atoms with Crippen molar-refractivity contribution < 1.29 is 24.3 Å². The third kappa shape index (κ3) is 7.06. The molecule has 1 saturated heterocycles. The lowest BCUT2D eigenvalue weighted by Gasteiger charge is -2.29. The monoisotopic (exact) mass is 502 g/mol. The molecule has 3 rings (SSSR count). The highest BCUT2D eigenvalue weighted by molar-refractivity contribution is 7.80. The van der Waals surface area contributed by atoms with Crippen LogP contribution in [0.25, 0.3) is 0 Å². The zero-order chi connectivity index (χ0) is 25.4. The maximum atomic E-state index is 13.5. The molecule has 2 heterocycles. The number of thiol groups is 1. The molecule has 188 valence electrons. The van der Waals surface area contributed by atoms with Gasteiger partial charge in [0, 0.05) is 30.6 Å². The molecule has 1 aliphatic rings. The molecule has 12 heteroatoms. The lowest BCUT2D eigenvalue weighted by Crippen LogP contribution is -2.57. The number of imidazole rings is 1. The van der Waals surface area contributed by atoms with Crippen molar-refractivity contribution in [2.75, 3.05) is 12.3 Å². The number of H-pyrrole nitrogens is 1. The lowest BCUT2D eigenvalue weighted by molar-refractivity contribution is -0.144. The quantitative estimate of drug-likeness (QED) is 0.225. The van der Waals surface area contributed by atoms with Crippen LogP contribution in [0.15, 0.2) is 42.9 Å². The Morgan fingerprint density at radius 1 is 1.17 bits per heavy atom. The Kier molecular flexibility index (Phi) is 9.26. The zero-order valence-electron chi connectivity index (χ0n) is 19.1. The zero-order valence-corrected chi connectivity index (χ0v) is 20.0. The lowest BCUT2D eigenvalue weighted by atomic mass is 10.0. The number of hydrogen-bond acceptors (Lipinski definition) is 7. The van der Waals surface area contributed by atoms with Crippen LogP contribution >= 0.6 is 12.6 Å². The van der Waals surface area contributed by atoms with E-state index in [0.29, 0.717) is 31.5 Å². The molecule has 2 aromatic rings. The van der Waals surface area contributed by atoms with E-state index in [1.165, 1.54) is 11.2 Å². The number of aromatic amines is 1. The summed E-state index contributed by atoms with van der Waals surface area (Å²) >= 11 is 3.96. The van der Waals surface area contributed by atoms with Crippen LogP contribution in [-0.2, 0) is 32.0 Å². The largest absolute Gasteiger partial charge is 0.480 e. The van der Waals surface area contributed by atoms with E-state index in [-0.39, 0.29) is 12.2 Å². The van der Waals surface area contributed by atoms with Crippen molar-refractivity contribution in [1.82, 2.24) is 25.5 Å². The molecule has 4 unspecified atom stereocenters. The Morgan fingerprint density at radius 2 is 1.91 bits per heavy atom. The summed E-state index contributed by atoms with van der Waals surface area (Å²) < 4.78 is 0. The van der Waals surface area contributed by atoms with E-state index < -0.39 is 47.9 Å². The van der Waals surface area contributed by atoms with E-state index in [9.17, 15) is 24.3 Å². The van der Waals surface area contributed by atoms with Crippen LogP contribution in [0.5, 0.6) is 0 Å². The van der Waals surface area contributed by atoms with Crippen molar-refractivity contribution in [1.29, 1.82) is 0 Å². The first kappa shape index (κ1) is 26.2. The van der Waals surface area contributed by atoms with Crippen LogP contribution in [0.4, 0.5) is 0 Å². The number of hydrogen-bond donors (Lipinski definition) is 6. The number of carbonyl (C=O) groups excluding carboxylic acids is 3. The predicted molar refractivity (Wildman–Crippen MR) is 130 cm³/mol. The molecular formula is C23H30N6O5S. The van der Waals surface area contributed by atoms with Crippen molar-refractivity contribution >= 4 is 36.3 Å². The minimum Gasteiger partial charge on any atom is -0.480 e. The minimum absolute atomic E-state index is 0.0838. The van der Waals surface area contributed by atoms with Crippen molar-refractivity contribution in [3.8, 4) is 0 Å².